The fraction of sp³-hybridized carbons (Fsp3) is 0.435. The van der Waals surface area contributed by atoms with Crippen molar-refractivity contribution in [2.24, 2.45) is 11.8 Å². The number of carbonyl (C=O) groups excluding carboxylic acids is 1. The fourth-order valence-corrected chi connectivity index (χ4v) is 5.13. The van der Waals surface area contributed by atoms with Crippen molar-refractivity contribution in [3.8, 4) is 5.69 Å². The normalized spacial score (nSPS) is 24.1. The van der Waals surface area contributed by atoms with E-state index in [9.17, 15) is 18.0 Å². The number of aromatic nitrogens is 5. The first kappa shape index (κ1) is 22.3. The second kappa shape index (κ2) is 7.78. The molecule has 0 unspecified atom stereocenters. The first-order valence-corrected chi connectivity index (χ1v) is 11.1. The van der Waals surface area contributed by atoms with Crippen LogP contribution in [-0.4, -0.2) is 41.8 Å². The Morgan fingerprint density at radius 3 is 2.44 bits per heavy atom. The number of hydrogen-bond donors (Lipinski definition) is 1. The largest absolute Gasteiger partial charge is 0.435 e. The third-order valence-corrected chi connectivity index (χ3v) is 7.02. The Labute approximate surface area is 194 Å². The van der Waals surface area contributed by atoms with E-state index >= 15 is 0 Å². The minimum absolute atomic E-state index is 0.00769. The summed E-state index contributed by atoms with van der Waals surface area (Å²) in [5.41, 5.74) is 6.14. The van der Waals surface area contributed by atoms with Crippen LogP contribution >= 0.6 is 0 Å². The summed E-state index contributed by atoms with van der Waals surface area (Å²) in [6.07, 6.45) is -0.265. The van der Waals surface area contributed by atoms with Gasteiger partial charge < -0.3 is 10.6 Å². The lowest BCUT2D eigenvalue weighted by molar-refractivity contribution is -0.144. The molecule has 178 valence electrons. The van der Waals surface area contributed by atoms with Gasteiger partial charge in [-0.3, -0.25) is 4.79 Å². The van der Waals surface area contributed by atoms with Gasteiger partial charge in [0, 0.05) is 6.04 Å². The van der Waals surface area contributed by atoms with E-state index in [4.69, 9.17) is 5.73 Å². The molecule has 6 rings (SSSR count). The Hall–Kier alpha value is -3.50. The lowest BCUT2D eigenvalue weighted by atomic mass is 9.63. The third-order valence-electron chi connectivity index (χ3n) is 7.02. The Kier molecular flexibility index (Phi) is 5.10. The summed E-state index contributed by atoms with van der Waals surface area (Å²) >= 11 is 0. The quantitative estimate of drug-likeness (QED) is 0.622. The van der Waals surface area contributed by atoms with Crippen LogP contribution in [0.2, 0.25) is 0 Å². The highest BCUT2D eigenvalue weighted by atomic mass is 19.4. The molecule has 2 saturated heterocycles. The SMILES string of the molecule is Cc1ccc(-n2nccn2)c(C(=O)N2C3CC(C3)[C@H](C)[C@@H]2c2nc(N)c(C)nc2C(F)(F)F)c1. The zero-order valence-corrected chi connectivity index (χ0v) is 18.9. The van der Waals surface area contributed by atoms with E-state index in [1.807, 2.05) is 19.9 Å². The monoisotopic (exact) mass is 471 g/mol. The van der Waals surface area contributed by atoms with E-state index in [0.29, 0.717) is 11.3 Å². The van der Waals surface area contributed by atoms with Gasteiger partial charge in [-0.15, -0.1) is 0 Å². The molecule has 11 heteroatoms. The topological polar surface area (TPSA) is 103 Å². The van der Waals surface area contributed by atoms with Gasteiger partial charge in [0.15, 0.2) is 5.69 Å². The van der Waals surface area contributed by atoms with Crippen LogP contribution in [0.5, 0.6) is 0 Å². The first-order valence-electron chi connectivity index (χ1n) is 11.1. The molecule has 8 nitrogen and oxygen atoms in total. The van der Waals surface area contributed by atoms with Crippen molar-refractivity contribution in [2.75, 3.05) is 5.73 Å². The summed E-state index contributed by atoms with van der Waals surface area (Å²) in [4.78, 5) is 24.8. The number of nitrogens with two attached hydrogens (primary N) is 1. The van der Waals surface area contributed by atoms with Crippen molar-refractivity contribution >= 4 is 11.7 Å². The Morgan fingerprint density at radius 2 is 1.79 bits per heavy atom. The summed E-state index contributed by atoms with van der Waals surface area (Å²) in [6.45, 7) is 5.11. The number of nitrogen functional groups attached to an aromatic ring is 1. The predicted octanol–water partition coefficient (Wildman–Crippen LogP) is 3.89. The summed E-state index contributed by atoms with van der Waals surface area (Å²) in [7, 11) is 0. The van der Waals surface area contributed by atoms with Crippen molar-refractivity contribution in [1.29, 1.82) is 0 Å². The zero-order valence-electron chi connectivity index (χ0n) is 18.9. The van der Waals surface area contributed by atoms with Crippen molar-refractivity contribution in [3.63, 3.8) is 0 Å². The molecule has 2 aliphatic heterocycles. The van der Waals surface area contributed by atoms with Crippen LogP contribution < -0.4 is 5.73 Å². The first-order chi connectivity index (χ1) is 16.1. The Bertz CT molecular complexity index is 1250. The second-order valence-corrected chi connectivity index (χ2v) is 9.17. The molecule has 2 aromatic heterocycles. The number of alkyl halides is 3. The number of piperidine rings is 2. The lowest BCUT2D eigenvalue weighted by Crippen LogP contribution is -2.59. The van der Waals surface area contributed by atoms with Crippen molar-refractivity contribution in [3.05, 3.63) is 58.8 Å². The number of amides is 1. The average Bonchev–Trinajstić information content (AvgIpc) is 3.27. The summed E-state index contributed by atoms with van der Waals surface area (Å²) < 4.78 is 42.1. The van der Waals surface area contributed by atoms with E-state index in [-0.39, 0.29) is 41.0 Å². The Balaban J connectivity index is 1.66. The van der Waals surface area contributed by atoms with Crippen molar-refractivity contribution in [1.82, 2.24) is 29.9 Å². The number of rotatable bonds is 3. The maximum atomic E-state index is 14.0. The Morgan fingerprint density at radius 1 is 1.12 bits per heavy atom. The van der Waals surface area contributed by atoms with E-state index in [1.54, 1.807) is 17.0 Å². The number of benzene rings is 1. The second-order valence-electron chi connectivity index (χ2n) is 9.17. The highest BCUT2D eigenvalue weighted by Gasteiger charge is 2.54. The highest BCUT2D eigenvalue weighted by Crippen LogP contribution is 2.54. The number of halogens is 3. The van der Waals surface area contributed by atoms with Crippen LogP contribution in [0.1, 0.15) is 58.8 Å². The van der Waals surface area contributed by atoms with E-state index < -0.39 is 17.9 Å². The summed E-state index contributed by atoms with van der Waals surface area (Å²) in [5.74, 6) is -0.499. The molecule has 1 aliphatic carbocycles. The van der Waals surface area contributed by atoms with Crippen LogP contribution in [0, 0.1) is 25.7 Å². The molecular formula is C23H24F3N7O. The van der Waals surface area contributed by atoms with Gasteiger partial charge in [0.1, 0.15) is 5.82 Å². The minimum atomic E-state index is -4.73. The van der Waals surface area contributed by atoms with Crippen molar-refractivity contribution in [2.45, 2.75) is 51.9 Å². The van der Waals surface area contributed by atoms with Gasteiger partial charge in [0.05, 0.1) is 41.1 Å². The van der Waals surface area contributed by atoms with Gasteiger partial charge >= 0.3 is 6.18 Å². The van der Waals surface area contributed by atoms with Gasteiger partial charge in [0.25, 0.3) is 5.91 Å². The maximum Gasteiger partial charge on any atom is 0.435 e. The van der Waals surface area contributed by atoms with Crippen molar-refractivity contribution < 1.29 is 18.0 Å². The molecule has 1 saturated carbocycles. The van der Waals surface area contributed by atoms with Crippen LogP contribution in [-0.2, 0) is 6.18 Å². The molecule has 1 aromatic carbocycles. The van der Waals surface area contributed by atoms with Gasteiger partial charge in [-0.2, -0.15) is 28.2 Å². The number of aryl methyl sites for hydroxylation is 2. The lowest BCUT2D eigenvalue weighted by Gasteiger charge is -2.57. The standard InChI is InChI=1S/C23H24F3N7O/c1-11-4-5-17(33-28-6-7-29-33)16(8-11)22(34)32-15-9-14(10-15)12(2)19(32)18-20(23(24,25)26)30-13(3)21(27)31-18/h4-8,12,14-15,19H,9-10H2,1-3H3,(H2,27,31)/t12-,14?,15?,19+/m0/s1. The molecule has 1 amide bonds. The molecule has 3 aromatic rings. The molecule has 4 heterocycles. The van der Waals surface area contributed by atoms with Gasteiger partial charge in [-0.25, -0.2) is 9.97 Å². The molecule has 2 N–H and O–H groups in total. The number of anilines is 1. The van der Waals surface area contributed by atoms with Crippen LogP contribution in [0.4, 0.5) is 19.0 Å². The maximum absolute atomic E-state index is 14.0. The van der Waals surface area contributed by atoms with Crippen LogP contribution in [0.15, 0.2) is 30.6 Å². The molecule has 0 spiro atoms. The fourth-order valence-electron chi connectivity index (χ4n) is 5.13. The molecule has 2 bridgehead atoms. The number of nitrogens with zero attached hydrogens (tertiary/aromatic N) is 6. The predicted molar refractivity (Wildman–Crippen MR) is 117 cm³/mol. The van der Waals surface area contributed by atoms with E-state index in [2.05, 4.69) is 20.2 Å². The molecule has 3 fully saturated rings. The smallest absolute Gasteiger partial charge is 0.382 e. The molecule has 34 heavy (non-hydrogen) atoms. The summed E-state index contributed by atoms with van der Waals surface area (Å²) in [5, 5.41) is 8.28. The van der Waals surface area contributed by atoms with Gasteiger partial charge in [-0.1, -0.05) is 18.6 Å². The number of carbonyl (C=O) groups is 1. The minimum Gasteiger partial charge on any atom is -0.382 e. The molecule has 2 atom stereocenters. The average molecular weight is 471 g/mol. The van der Waals surface area contributed by atoms with Gasteiger partial charge in [-0.05, 0) is 50.7 Å². The molecular weight excluding hydrogens is 447 g/mol. The molecule has 0 radical (unpaired) electrons. The van der Waals surface area contributed by atoms with Crippen LogP contribution in [0.3, 0.4) is 0 Å². The molecule has 3 aliphatic rings. The number of fused-ring (bicyclic) bond motifs is 2. The highest BCUT2D eigenvalue weighted by molar-refractivity contribution is 5.98. The zero-order chi connectivity index (χ0) is 24.4. The third kappa shape index (κ3) is 3.50. The summed E-state index contributed by atoms with van der Waals surface area (Å²) in [6, 6.07) is 4.19. The van der Waals surface area contributed by atoms with Crippen LogP contribution in [0.25, 0.3) is 5.69 Å². The van der Waals surface area contributed by atoms with E-state index in [1.165, 1.54) is 24.1 Å². The number of hydrogen-bond acceptors (Lipinski definition) is 6. The van der Waals surface area contributed by atoms with Gasteiger partial charge in [0.2, 0.25) is 0 Å². The van der Waals surface area contributed by atoms with E-state index in [0.717, 1.165) is 18.4 Å².